The normalized spacial score (nSPS) is 10.7. The summed E-state index contributed by atoms with van der Waals surface area (Å²) in [5.41, 5.74) is 9.58. The summed E-state index contributed by atoms with van der Waals surface area (Å²) in [4.78, 5) is 4.73. The van der Waals surface area contributed by atoms with Gasteiger partial charge in [-0.15, -0.1) is 0 Å². The van der Waals surface area contributed by atoms with Crippen molar-refractivity contribution >= 4 is 5.82 Å². The van der Waals surface area contributed by atoms with Crippen LogP contribution in [0, 0.1) is 0 Å². The number of imidazole rings is 1. The van der Waals surface area contributed by atoms with Gasteiger partial charge in [-0.2, -0.15) is 0 Å². The zero-order chi connectivity index (χ0) is 14.7. The van der Waals surface area contributed by atoms with E-state index in [4.69, 9.17) is 10.7 Å². The fourth-order valence-corrected chi connectivity index (χ4v) is 2.51. The molecule has 3 aromatic rings. The highest BCUT2D eigenvalue weighted by Gasteiger charge is 2.15. The first-order valence-electron chi connectivity index (χ1n) is 7.23. The van der Waals surface area contributed by atoms with Gasteiger partial charge < -0.3 is 10.3 Å². The number of nitrogens with two attached hydrogens (primary N) is 1. The smallest absolute Gasteiger partial charge is 0.142 e. The molecule has 0 fully saturated rings. The molecule has 0 aliphatic rings. The lowest BCUT2D eigenvalue weighted by Gasteiger charge is -2.10. The molecule has 0 saturated heterocycles. The summed E-state index contributed by atoms with van der Waals surface area (Å²) in [6.07, 6.45) is 0.841. The number of nitrogens with zero attached hydrogens (tertiary/aromatic N) is 2. The number of hydrogen-bond donors (Lipinski definition) is 1. The van der Waals surface area contributed by atoms with Crippen LogP contribution < -0.4 is 5.73 Å². The summed E-state index contributed by atoms with van der Waals surface area (Å²) in [6.45, 7) is 2.82. The Balaban J connectivity index is 2.08. The molecule has 0 radical (unpaired) electrons. The minimum absolute atomic E-state index is 0.740. The number of aromatic nitrogens is 2. The van der Waals surface area contributed by atoms with Gasteiger partial charge in [0.2, 0.25) is 0 Å². The number of anilines is 1. The molecular formula is C18H19N3. The molecule has 0 spiro atoms. The van der Waals surface area contributed by atoms with Crippen LogP contribution in [0.3, 0.4) is 0 Å². The molecule has 0 unspecified atom stereocenters. The zero-order valence-corrected chi connectivity index (χ0v) is 12.2. The largest absolute Gasteiger partial charge is 0.384 e. The molecule has 2 N–H and O–H groups in total. The van der Waals surface area contributed by atoms with E-state index in [2.05, 4.69) is 35.8 Å². The lowest BCUT2D eigenvalue weighted by atomic mass is 10.2. The number of rotatable bonds is 4. The number of aryl methyl sites for hydroxylation is 1. The Morgan fingerprint density at radius 2 is 1.57 bits per heavy atom. The summed E-state index contributed by atoms with van der Waals surface area (Å²) in [6, 6.07) is 20.5. The molecule has 1 aromatic heterocycles. The van der Waals surface area contributed by atoms with Crippen LogP contribution in [0.2, 0.25) is 0 Å². The summed E-state index contributed by atoms with van der Waals surface area (Å²) in [7, 11) is 0. The van der Waals surface area contributed by atoms with E-state index < -0.39 is 0 Å². The van der Waals surface area contributed by atoms with E-state index in [1.54, 1.807) is 0 Å². The van der Waals surface area contributed by atoms with Gasteiger partial charge in [-0.25, -0.2) is 4.98 Å². The van der Waals surface area contributed by atoms with Gasteiger partial charge in [0, 0.05) is 5.56 Å². The van der Waals surface area contributed by atoms with Crippen LogP contribution in [0.1, 0.15) is 18.2 Å². The molecule has 3 heteroatoms. The third-order valence-corrected chi connectivity index (χ3v) is 3.63. The molecule has 0 bridgehead atoms. The molecule has 21 heavy (non-hydrogen) atoms. The molecule has 0 amide bonds. The molecular weight excluding hydrogens is 258 g/mol. The van der Waals surface area contributed by atoms with Crippen LogP contribution in [0.25, 0.3) is 11.4 Å². The predicted molar refractivity (Wildman–Crippen MR) is 87.0 cm³/mol. The quantitative estimate of drug-likeness (QED) is 0.789. The molecule has 0 atom stereocenters. The maximum Gasteiger partial charge on any atom is 0.142 e. The van der Waals surface area contributed by atoms with E-state index in [9.17, 15) is 0 Å². The maximum atomic E-state index is 6.30. The van der Waals surface area contributed by atoms with Crippen LogP contribution in [0.15, 0.2) is 60.7 Å². The first kappa shape index (κ1) is 13.4. The summed E-state index contributed by atoms with van der Waals surface area (Å²) >= 11 is 0. The maximum absolute atomic E-state index is 6.30. The van der Waals surface area contributed by atoms with E-state index in [-0.39, 0.29) is 0 Å². The van der Waals surface area contributed by atoms with Crippen molar-refractivity contribution in [2.75, 3.05) is 5.73 Å². The fourth-order valence-electron chi connectivity index (χ4n) is 2.51. The second-order valence-corrected chi connectivity index (χ2v) is 5.06. The molecule has 3 nitrogen and oxygen atoms in total. The number of hydrogen-bond acceptors (Lipinski definition) is 2. The molecule has 2 aromatic carbocycles. The number of benzene rings is 2. The van der Waals surface area contributed by atoms with Gasteiger partial charge in [0.25, 0.3) is 0 Å². The summed E-state index contributed by atoms with van der Waals surface area (Å²) in [5, 5.41) is 0. The van der Waals surface area contributed by atoms with E-state index in [0.29, 0.717) is 0 Å². The van der Waals surface area contributed by atoms with Crippen LogP contribution in [-0.2, 0) is 13.0 Å². The standard InChI is InChI=1S/C18H19N3/c1-2-16-17(19)21(13-14-9-5-3-6-10-14)18(20-16)15-11-7-4-8-12-15/h3-12H,2,13,19H2,1H3. The van der Waals surface area contributed by atoms with E-state index in [0.717, 1.165) is 35.9 Å². The van der Waals surface area contributed by atoms with Gasteiger partial charge in [-0.3, -0.25) is 0 Å². The third kappa shape index (κ3) is 2.68. The Morgan fingerprint density at radius 1 is 0.952 bits per heavy atom. The van der Waals surface area contributed by atoms with Crippen LogP contribution in [-0.4, -0.2) is 9.55 Å². The zero-order valence-electron chi connectivity index (χ0n) is 12.2. The van der Waals surface area contributed by atoms with Crippen molar-refractivity contribution in [3.63, 3.8) is 0 Å². The van der Waals surface area contributed by atoms with Gasteiger partial charge in [-0.1, -0.05) is 67.6 Å². The fraction of sp³-hybridized carbons (Fsp3) is 0.167. The van der Waals surface area contributed by atoms with Crippen LogP contribution in [0.5, 0.6) is 0 Å². The average molecular weight is 277 g/mol. The Hall–Kier alpha value is -2.55. The minimum Gasteiger partial charge on any atom is -0.384 e. The Morgan fingerprint density at radius 3 is 2.19 bits per heavy atom. The van der Waals surface area contributed by atoms with Gasteiger partial charge in [0.05, 0.1) is 12.2 Å². The summed E-state index contributed by atoms with van der Waals surface area (Å²) < 4.78 is 2.10. The van der Waals surface area contributed by atoms with Gasteiger partial charge in [0.1, 0.15) is 11.6 Å². The van der Waals surface area contributed by atoms with Crippen molar-refractivity contribution in [3.8, 4) is 11.4 Å². The first-order valence-corrected chi connectivity index (χ1v) is 7.23. The molecule has 3 rings (SSSR count). The van der Waals surface area contributed by atoms with Crippen molar-refractivity contribution in [2.45, 2.75) is 19.9 Å². The van der Waals surface area contributed by atoms with Crippen molar-refractivity contribution in [1.29, 1.82) is 0 Å². The average Bonchev–Trinajstić information content (AvgIpc) is 2.86. The second kappa shape index (κ2) is 5.83. The van der Waals surface area contributed by atoms with E-state index in [1.165, 1.54) is 5.56 Å². The predicted octanol–water partition coefficient (Wildman–Crippen LogP) is 3.74. The van der Waals surface area contributed by atoms with E-state index >= 15 is 0 Å². The molecule has 106 valence electrons. The topological polar surface area (TPSA) is 43.8 Å². The third-order valence-electron chi connectivity index (χ3n) is 3.63. The van der Waals surface area contributed by atoms with Crippen LogP contribution >= 0.6 is 0 Å². The van der Waals surface area contributed by atoms with Gasteiger partial charge >= 0.3 is 0 Å². The SMILES string of the molecule is CCc1nc(-c2ccccc2)n(Cc2ccccc2)c1N. The van der Waals surface area contributed by atoms with Crippen molar-refractivity contribution in [3.05, 3.63) is 71.9 Å². The van der Waals surface area contributed by atoms with E-state index in [1.807, 2.05) is 36.4 Å². The summed E-state index contributed by atoms with van der Waals surface area (Å²) in [5.74, 6) is 1.70. The molecule has 0 aliphatic heterocycles. The van der Waals surface area contributed by atoms with Gasteiger partial charge in [-0.05, 0) is 12.0 Å². The monoisotopic (exact) mass is 277 g/mol. The minimum atomic E-state index is 0.740. The Kier molecular flexibility index (Phi) is 3.73. The Bertz CT molecular complexity index is 715. The van der Waals surface area contributed by atoms with Crippen LogP contribution in [0.4, 0.5) is 5.82 Å². The van der Waals surface area contributed by atoms with Gasteiger partial charge in [0.15, 0.2) is 0 Å². The number of nitrogen functional groups attached to an aromatic ring is 1. The highest BCUT2D eigenvalue weighted by atomic mass is 15.1. The lowest BCUT2D eigenvalue weighted by Crippen LogP contribution is -2.06. The highest BCUT2D eigenvalue weighted by Crippen LogP contribution is 2.25. The molecule has 0 aliphatic carbocycles. The Labute approximate surface area is 125 Å². The van der Waals surface area contributed by atoms with Crippen molar-refractivity contribution < 1.29 is 0 Å². The first-order chi connectivity index (χ1) is 10.3. The van der Waals surface area contributed by atoms with Crippen molar-refractivity contribution in [2.24, 2.45) is 0 Å². The molecule has 0 saturated carbocycles. The second-order valence-electron chi connectivity index (χ2n) is 5.06. The lowest BCUT2D eigenvalue weighted by molar-refractivity contribution is 0.816. The van der Waals surface area contributed by atoms with Crippen molar-refractivity contribution in [1.82, 2.24) is 9.55 Å². The molecule has 1 heterocycles. The highest BCUT2D eigenvalue weighted by molar-refractivity contribution is 5.60.